The first-order valence-corrected chi connectivity index (χ1v) is 7.02. The fraction of sp³-hybridized carbons (Fsp3) is 0.200. The highest BCUT2D eigenvalue weighted by atomic mass is 32.1. The summed E-state index contributed by atoms with van der Waals surface area (Å²) in [6.07, 6.45) is 1.65. The molecule has 0 saturated heterocycles. The maximum absolute atomic E-state index is 11.7. The number of amides is 1. The number of carbonyl (C=O) groups excluding carboxylic acids is 1. The smallest absolute Gasteiger partial charge is 0.281 e. The highest BCUT2D eigenvalue weighted by Gasteiger charge is 2.06. The van der Waals surface area contributed by atoms with E-state index >= 15 is 0 Å². The molecule has 4 nitrogen and oxygen atoms in total. The minimum atomic E-state index is -0.195. The Hall–Kier alpha value is -2.14. The lowest BCUT2D eigenvalue weighted by molar-refractivity contribution is 0.0959. The molecular formula is C15H16N2O2S. The van der Waals surface area contributed by atoms with Crippen LogP contribution in [-0.4, -0.2) is 19.2 Å². The third-order valence-corrected chi connectivity index (χ3v) is 3.98. The summed E-state index contributed by atoms with van der Waals surface area (Å²) >= 11 is 1.39. The standard InChI is InChI=1S/C15H16N2O2S/c1-10-11(2)13(19-3)7-6-12(10)9-16-17-15(18)14-5-4-8-20-14/h4-9H,1-3H3,(H,17,18)/b16-9+. The van der Waals surface area contributed by atoms with Gasteiger partial charge in [-0.25, -0.2) is 5.43 Å². The van der Waals surface area contributed by atoms with Crippen LogP contribution in [0.1, 0.15) is 26.4 Å². The van der Waals surface area contributed by atoms with E-state index in [9.17, 15) is 4.79 Å². The molecular weight excluding hydrogens is 272 g/mol. The van der Waals surface area contributed by atoms with Crippen molar-refractivity contribution in [1.82, 2.24) is 5.43 Å². The number of hydrogen-bond acceptors (Lipinski definition) is 4. The van der Waals surface area contributed by atoms with Crippen LogP contribution in [0.25, 0.3) is 0 Å². The van der Waals surface area contributed by atoms with Gasteiger partial charge in [0.05, 0.1) is 18.2 Å². The molecule has 1 aromatic heterocycles. The first kappa shape index (κ1) is 14.3. The molecule has 0 aliphatic rings. The Balaban J connectivity index is 2.09. The zero-order valence-corrected chi connectivity index (χ0v) is 12.5. The van der Waals surface area contributed by atoms with E-state index in [0.717, 1.165) is 22.4 Å². The SMILES string of the molecule is COc1ccc(/C=N/NC(=O)c2cccs2)c(C)c1C. The summed E-state index contributed by atoms with van der Waals surface area (Å²) in [5.41, 5.74) is 5.62. The summed E-state index contributed by atoms with van der Waals surface area (Å²) < 4.78 is 5.26. The van der Waals surface area contributed by atoms with Gasteiger partial charge in [0, 0.05) is 0 Å². The summed E-state index contributed by atoms with van der Waals surface area (Å²) in [5, 5.41) is 5.85. The number of carbonyl (C=O) groups is 1. The first-order chi connectivity index (χ1) is 9.63. The number of benzene rings is 1. The number of hydrazone groups is 1. The van der Waals surface area contributed by atoms with Crippen molar-refractivity contribution in [2.75, 3.05) is 7.11 Å². The molecule has 0 saturated carbocycles. The van der Waals surface area contributed by atoms with E-state index in [4.69, 9.17) is 4.74 Å². The Morgan fingerprint density at radius 1 is 1.30 bits per heavy atom. The first-order valence-electron chi connectivity index (χ1n) is 6.14. The molecule has 20 heavy (non-hydrogen) atoms. The second-order valence-electron chi connectivity index (χ2n) is 4.28. The fourth-order valence-electron chi connectivity index (χ4n) is 1.80. The Kier molecular flexibility index (Phi) is 4.53. The molecule has 0 radical (unpaired) electrons. The average molecular weight is 288 g/mol. The van der Waals surface area contributed by atoms with Crippen LogP contribution in [0.15, 0.2) is 34.7 Å². The number of nitrogens with one attached hydrogen (secondary N) is 1. The number of hydrogen-bond donors (Lipinski definition) is 1. The molecule has 0 aliphatic carbocycles. The van der Waals surface area contributed by atoms with Crippen LogP contribution in [0.2, 0.25) is 0 Å². The van der Waals surface area contributed by atoms with Crippen molar-refractivity contribution in [2.24, 2.45) is 5.10 Å². The van der Waals surface area contributed by atoms with Crippen LogP contribution in [0.4, 0.5) is 0 Å². The molecule has 1 N–H and O–H groups in total. The predicted molar refractivity (Wildman–Crippen MR) is 81.8 cm³/mol. The Morgan fingerprint density at radius 2 is 2.10 bits per heavy atom. The van der Waals surface area contributed by atoms with Gasteiger partial charge < -0.3 is 4.74 Å². The second kappa shape index (κ2) is 6.34. The van der Waals surface area contributed by atoms with Crippen LogP contribution < -0.4 is 10.2 Å². The molecule has 0 unspecified atom stereocenters. The topological polar surface area (TPSA) is 50.7 Å². The van der Waals surface area contributed by atoms with Gasteiger partial charge in [-0.2, -0.15) is 5.10 Å². The predicted octanol–water partition coefficient (Wildman–Crippen LogP) is 3.14. The molecule has 104 valence electrons. The van der Waals surface area contributed by atoms with E-state index in [-0.39, 0.29) is 5.91 Å². The van der Waals surface area contributed by atoms with Gasteiger partial charge >= 0.3 is 0 Å². The lowest BCUT2D eigenvalue weighted by Crippen LogP contribution is -2.16. The number of methoxy groups -OCH3 is 1. The van der Waals surface area contributed by atoms with Gasteiger partial charge in [0.15, 0.2) is 0 Å². The zero-order chi connectivity index (χ0) is 14.5. The van der Waals surface area contributed by atoms with E-state index < -0.39 is 0 Å². The van der Waals surface area contributed by atoms with E-state index in [0.29, 0.717) is 4.88 Å². The van der Waals surface area contributed by atoms with Gasteiger partial charge in [0.2, 0.25) is 0 Å². The third kappa shape index (κ3) is 3.05. The number of ether oxygens (including phenoxy) is 1. The summed E-state index contributed by atoms with van der Waals surface area (Å²) in [6, 6.07) is 7.41. The lowest BCUT2D eigenvalue weighted by Gasteiger charge is -2.09. The average Bonchev–Trinajstić information content (AvgIpc) is 2.98. The Labute approximate surface area is 122 Å². The maximum atomic E-state index is 11.7. The Bertz CT molecular complexity index is 634. The highest BCUT2D eigenvalue weighted by molar-refractivity contribution is 7.12. The van der Waals surface area contributed by atoms with Gasteiger partial charge in [-0.05, 0) is 54.1 Å². The number of rotatable bonds is 4. The summed E-state index contributed by atoms with van der Waals surface area (Å²) in [6.45, 7) is 4.00. The molecule has 2 aromatic rings. The van der Waals surface area contributed by atoms with E-state index in [1.54, 1.807) is 19.4 Å². The van der Waals surface area contributed by atoms with Gasteiger partial charge in [-0.15, -0.1) is 11.3 Å². The molecule has 2 rings (SSSR count). The minimum absolute atomic E-state index is 0.195. The van der Waals surface area contributed by atoms with Crippen molar-refractivity contribution in [3.63, 3.8) is 0 Å². The van der Waals surface area contributed by atoms with Crippen molar-refractivity contribution < 1.29 is 9.53 Å². The van der Waals surface area contributed by atoms with Gasteiger partial charge in [-0.3, -0.25) is 4.79 Å². The third-order valence-electron chi connectivity index (χ3n) is 3.11. The van der Waals surface area contributed by atoms with Crippen LogP contribution in [0, 0.1) is 13.8 Å². The zero-order valence-electron chi connectivity index (χ0n) is 11.6. The van der Waals surface area contributed by atoms with Crippen LogP contribution in [0.5, 0.6) is 5.75 Å². The number of nitrogens with zero attached hydrogens (tertiary/aromatic N) is 1. The maximum Gasteiger partial charge on any atom is 0.281 e. The van der Waals surface area contributed by atoms with Crippen molar-refractivity contribution in [3.05, 3.63) is 51.2 Å². The van der Waals surface area contributed by atoms with Crippen molar-refractivity contribution >= 4 is 23.5 Å². The molecule has 1 amide bonds. The van der Waals surface area contributed by atoms with E-state index in [1.807, 2.05) is 37.4 Å². The summed E-state index contributed by atoms with van der Waals surface area (Å²) in [5.74, 6) is 0.654. The van der Waals surface area contributed by atoms with Crippen molar-refractivity contribution in [2.45, 2.75) is 13.8 Å². The molecule has 0 spiro atoms. The quantitative estimate of drug-likeness (QED) is 0.694. The normalized spacial score (nSPS) is 10.8. The largest absolute Gasteiger partial charge is 0.496 e. The molecule has 0 atom stereocenters. The van der Waals surface area contributed by atoms with Crippen LogP contribution in [0.3, 0.4) is 0 Å². The molecule has 0 bridgehead atoms. The van der Waals surface area contributed by atoms with Gasteiger partial charge in [0.25, 0.3) is 5.91 Å². The molecule has 1 heterocycles. The van der Waals surface area contributed by atoms with Crippen molar-refractivity contribution in [3.8, 4) is 5.75 Å². The Morgan fingerprint density at radius 3 is 2.75 bits per heavy atom. The van der Waals surface area contributed by atoms with E-state index in [2.05, 4.69) is 10.5 Å². The van der Waals surface area contributed by atoms with Gasteiger partial charge in [0.1, 0.15) is 5.75 Å². The minimum Gasteiger partial charge on any atom is -0.496 e. The monoisotopic (exact) mass is 288 g/mol. The molecule has 0 fully saturated rings. The summed E-state index contributed by atoms with van der Waals surface area (Å²) in [4.78, 5) is 12.4. The molecule has 0 aliphatic heterocycles. The molecule has 1 aromatic carbocycles. The summed E-state index contributed by atoms with van der Waals surface area (Å²) in [7, 11) is 1.65. The van der Waals surface area contributed by atoms with Crippen molar-refractivity contribution in [1.29, 1.82) is 0 Å². The van der Waals surface area contributed by atoms with E-state index in [1.165, 1.54) is 11.3 Å². The van der Waals surface area contributed by atoms with Crippen LogP contribution >= 0.6 is 11.3 Å². The highest BCUT2D eigenvalue weighted by Crippen LogP contribution is 2.22. The lowest BCUT2D eigenvalue weighted by atomic mass is 10.0. The van der Waals surface area contributed by atoms with Gasteiger partial charge in [-0.1, -0.05) is 6.07 Å². The molecule has 5 heteroatoms. The second-order valence-corrected chi connectivity index (χ2v) is 5.23. The van der Waals surface area contributed by atoms with Crippen LogP contribution in [-0.2, 0) is 0 Å². The fourth-order valence-corrected chi connectivity index (χ4v) is 2.41. The number of thiophene rings is 1.